The zero-order chi connectivity index (χ0) is 12.7. The van der Waals surface area contributed by atoms with Gasteiger partial charge >= 0.3 is 0 Å². The summed E-state index contributed by atoms with van der Waals surface area (Å²) in [5, 5.41) is 0. The summed E-state index contributed by atoms with van der Waals surface area (Å²) in [5.74, 6) is 0.992. The molecule has 1 saturated carbocycles. The summed E-state index contributed by atoms with van der Waals surface area (Å²) >= 11 is 0. The van der Waals surface area contributed by atoms with Crippen LogP contribution in [0.2, 0.25) is 0 Å². The fourth-order valence-electron chi connectivity index (χ4n) is 3.93. The van der Waals surface area contributed by atoms with E-state index in [1.165, 1.54) is 38.8 Å². The highest BCUT2D eigenvalue weighted by Gasteiger charge is 2.42. The predicted molar refractivity (Wildman–Crippen MR) is 73.2 cm³/mol. The third kappa shape index (κ3) is 2.82. The Labute approximate surface area is 116 Å². The Hall–Kier alpha value is -0.160. The van der Waals surface area contributed by atoms with Crippen molar-refractivity contribution in [1.29, 1.82) is 0 Å². The lowest BCUT2D eigenvalue weighted by atomic mass is 10.1. The average Bonchev–Trinajstić information content (AvgIpc) is 2.90. The molecule has 0 amide bonds. The topological polar surface area (TPSA) is 24.9 Å². The molecule has 0 bridgehead atoms. The molecule has 4 heteroatoms. The van der Waals surface area contributed by atoms with E-state index >= 15 is 0 Å². The minimum atomic E-state index is 0.453. The molecule has 0 radical (unpaired) electrons. The molecular weight excluding hydrogens is 240 g/mol. The second-order valence-electron chi connectivity index (χ2n) is 6.77. The highest BCUT2D eigenvalue weighted by Crippen LogP contribution is 2.32. The van der Waals surface area contributed by atoms with Crippen molar-refractivity contribution in [2.45, 2.75) is 43.9 Å². The molecular formula is C15H26N2O2. The fourth-order valence-corrected chi connectivity index (χ4v) is 3.93. The number of morpholine rings is 1. The van der Waals surface area contributed by atoms with Crippen LogP contribution in [-0.2, 0) is 9.47 Å². The molecule has 3 aliphatic heterocycles. The largest absolute Gasteiger partial charge is 0.377 e. The quantitative estimate of drug-likeness (QED) is 0.757. The van der Waals surface area contributed by atoms with E-state index in [0.29, 0.717) is 18.2 Å². The Morgan fingerprint density at radius 1 is 0.947 bits per heavy atom. The molecule has 4 rings (SSSR count). The van der Waals surface area contributed by atoms with Crippen molar-refractivity contribution in [2.75, 3.05) is 45.9 Å². The molecule has 4 nitrogen and oxygen atoms in total. The fraction of sp³-hybridized carbons (Fsp3) is 1.00. The van der Waals surface area contributed by atoms with Crippen LogP contribution in [0.25, 0.3) is 0 Å². The van der Waals surface area contributed by atoms with Gasteiger partial charge in [0.15, 0.2) is 0 Å². The predicted octanol–water partition coefficient (Wildman–Crippen LogP) is 0.960. The lowest BCUT2D eigenvalue weighted by Crippen LogP contribution is -2.52. The van der Waals surface area contributed by atoms with Crippen molar-refractivity contribution in [2.24, 2.45) is 5.92 Å². The van der Waals surface area contributed by atoms with Gasteiger partial charge in [0.05, 0.1) is 18.8 Å². The van der Waals surface area contributed by atoms with Gasteiger partial charge in [-0.3, -0.25) is 9.80 Å². The molecule has 0 aromatic rings. The maximum atomic E-state index is 6.00. The lowest BCUT2D eigenvalue weighted by molar-refractivity contribution is -0.0615. The highest BCUT2D eigenvalue weighted by molar-refractivity contribution is 4.96. The minimum Gasteiger partial charge on any atom is -0.377 e. The number of rotatable bonds is 4. The average molecular weight is 266 g/mol. The SMILES string of the molecule is C1CO[C@H](CN2CCO[C@H]3CN(CC4CC4)C[C@H]32)C1. The van der Waals surface area contributed by atoms with Crippen LogP contribution in [-0.4, -0.2) is 74.0 Å². The van der Waals surface area contributed by atoms with Crippen molar-refractivity contribution in [3.05, 3.63) is 0 Å². The number of ether oxygens (including phenoxy) is 2. The summed E-state index contributed by atoms with van der Waals surface area (Å²) in [4.78, 5) is 5.29. The van der Waals surface area contributed by atoms with Gasteiger partial charge in [-0.2, -0.15) is 0 Å². The number of fused-ring (bicyclic) bond motifs is 1. The van der Waals surface area contributed by atoms with E-state index in [1.807, 2.05) is 0 Å². The molecule has 3 saturated heterocycles. The summed E-state index contributed by atoms with van der Waals surface area (Å²) < 4.78 is 11.8. The summed E-state index contributed by atoms with van der Waals surface area (Å²) in [5.41, 5.74) is 0. The molecule has 19 heavy (non-hydrogen) atoms. The number of hydrogen-bond donors (Lipinski definition) is 0. The van der Waals surface area contributed by atoms with Crippen LogP contribution >= 0.6 is 0 Å². The second-order valence-corrected chi connectivity index (χ2v) is 6.77. The van der Waals surface area contributed by atoms with Gasteiger partial charge in [-0.05, 0) is 31.6 Å². The smallest absolute Gasteiger partial charge is 0.0869 e. The Morgan fingerprint density at radius 2 is 1.89 bits per heavy atom. The van der Waals surface area contributed by atoms with E-state index in [2.05, 4.69) is 9.80 Å². The van der Waals surface area contributed by atoms with E-state index < -0.39 is 0 Å². The first-order valence-corrected chi connectivity index (χ1v) is 8.08. The van der Waals surface area contributed by atoms with Crippen LogP contribution in [0.15, 0.2) is 0 Å². The van der Waals surface area contributed by atoms with E-state index in [1.54, 1.807) is 0 Å². The van der Waals surface area contributed by atoms with Crippen molar-refractivity contribution >= 4 is 0 Å². The minimum absolute atomic E-state index is 0.453. The summed E-state index contributed by atoms with van der Waals surface area (Å²) in [6.07, 6.45) is 6.33. The van der Waals surface area contributed by atoms with Gasteiger partial charge in [0.1, 0.15) is 0 Å². The normalized spacial score (nSPS) is 40.7. The van der Waals surface area contributed by atoms with E-state index in [9.17, 15) is 0 Å². The molecule has 0 aromatic heterocycles. The summed E-state index contributed by atoms with van der Waals surface area (Å²) in [6.45, 7) is 7.78. The standard InChI is InChI=1S/C15H26N2O2/c1-2-13(18-6-1)9-17-5-7-19-15-11-16(10-14(15)17)8-12-3-4-12/h12-15H,1-11H2/t13-,14+,15-/m0/s1. The van der Waals surface area contributed by atoms with Gasteiger partial charge < -0.3 is 9.47 Å². The van der Waals surface area contributed by atoms with Crippen molar-refractivity contribution in [3.63, 3.8) is 0 Å². The first kappa shape index (κ1) is 12.6. The maximum Gasteiger partial charge on any atom is 0.0869 e. The van der Waals surface area contributed by atoms with Gasteiger partial charge in [0.25, 0.3) is 0 Å². The molecule has 0 unspecified atom stereocenters. The van der Waals surface area contributed by atoms with Crippen LogP contribution in [0.4, 0.5) is 0 Å². The van der Waals surface area contributed by atoms with Gasteiger partial charge in [-0.25, -0.2) is 0 Å². The molecule has 3 atom stereocenters. The first-order valence-electron chi connectivity index (χ1n) is 8.08. The van der Waals surface area contributed by atoms with Gasteiger partial charge in [0.2, 0.25) is 0 Å². The Balaban J connectivity index is 1.35. The van der Waals surface area contributed by atoms with Crippen LogP contribution in [0, 0.1) is 5.92 Å². The molecule has 4 fully saturated rings. The Morgan fingerprint density at radius 3 is 2.68 bits per heavy atom. The molecule has 1 aliphatic carbocycles. The van der Waals surface area contributed by atoms with Gasteiger partial charge in [-0.1, -0.05) is 0 Å². The second kappa shape index (κ2) is 5.32. The Bertz CT molecular complexity index is 315. The number of likely N-dealkylation sites (tertiary alicyclic amines) is 1. The lowest BCUT2D eigenvalue weighted by Gasteiger charge is -2.38. The zero-order valence-corrected chi connectivity index (χ0v) is 11.8. The molecule has 0 spiro atoms. The summed E-state index contributed by atoms with van der Waals surface area (Å²) in [7, 11) is 0. The molecule has 3 heterocycles. The third-order valence-corrected chi connectivity index (χ3v) is 5.17. The van der Waals surface area contributed by atoms with E-state index in [0.717, 1.165) is 38.8 Å². The molecule has 4 aliphatic rings. The van der Waals surface area contributed by atoms with Gasteiger partial charge in [0, 0.05) is 45.4 Å². The van der Waals surface area contributed by atoms with Crippen LogP contribution in [0.1, 0.15) is 25.7 Å². The van der Waals surface area contributed by atoms with Crippen molar-refractivity contribution < 1.29 is 9.47 Å². The van der Waals surface area contributed by atoms with Gasteiger partial charge in [-0.15, -0.1) is 0 Å². The van der Waals surface area contributed by atoms with Crippen molar-refractivity contribution in [1.82, 2.24) is 9.80 Å². The third-order valence-electron chi connectivity index (χ3n) is 5.17. The first-order chi connectivity index (χ1) is 9.38. The van der Waals surface area contributed by atoms with Crippen molar-refractivity contribution in [3.8, 4) is 0 Å². The maximum absolute atomic E-state index is 6.00. The summed E-state index contributed by atoms with van der Waals surface area (Å²) in [6, 6.07) is 0.622. The van der Waals surface area contributed by atoms with Crippen LogP contribution in [0.5, 0.6) is 0 Å². The number of nitrogens with zero attached hydrogens (tertiary/aromatic N) is 2. The molecule has 0 N–H and O–H groups in total. The highest BCUT2D eigenvalue weighted by atomic mass is 16.5. The zero-order valence-electron chi connectivity index (χ0n) is 11.8. The van der Waals surface area contributed by atoms with E-state index in [-0.39, 0.29) is 0 Å². The Kier molecular flexibility index (Phi) is 3.52. The van der Waals surface area contributed by atoms with E-state index in [4.69, 9.17) is 9.47 Å². The molecule has 0 aromatic carbocycles. The van der Waals surface area contributed by atoms with Crippen LogP contribution in [0.3, 0.4) is 0 Å². The van der Waals surface area contributed by atoms with Crippen LogP contribution < -0.4 is 0 Å². The number of hydrogen-bond acceptors (Lipinski definition) is 4. The molecule has 108 valence electrons. The monoisotopic (exact) mass is 266 g/mol.